The summed E-state index contributed by atoms with van der Waals surface area (Å²) in [6, 6.07) is 12.1. The van der Waals surface area contributed by atoms with Crippen LogP contribution in [0.3, 0.4) is 0 Å². The van der Waals surface area contributed by atoms with E-state index in [1.807, 2.05) is 6.07 Å². The number of hydrogen-bond acceptors (Lipinski definition) is 5. The van der Waals surface area contributed by atoms with Gasteiger partial charge in [-0.3, -0.25) is 14.5 Å². The monoisotopic (exact) mass is 401 g/mol. The molecular weight excluding hydrogens is 382 g/mol. The van der Waals surface area contributed by atoms with Crippen LogP contribution in [-0.4, -0.2) is 32.9 Å². The maximum atomic E-state index is 13.3. The maximum Gasteiger partial charge on any atom is 0.257 e. The average Bonchev–Trinajstić information content (AvgIpc) is 3.20. The number of benzene rings is 2. The number of nitrogens with one attached hydrogen (secondary N) is 1. The van der Waals surface area contributed by atoms with Crippen molar-refractivity contribution in [2.45, 2.75) is 29.9 Å². The van der Waals surface area contributed by atoms with E-state index in [0.29, 0.717) is 24.3 Å². The zero-order chi connectivity index (χ0) is 19.9. The summed E-state index contributed by atoms with van der Waals surface area (Å²) in [5, 5.41) is 7.90. The molecule has 2 aliphatic rings. The van der Waals surface area contributed by atoms with Gasteiger partial charge in [-0.2, -0.15) is 0 Å². The van der Waals surface area contributed by atoms with Crippen molar-refractivity contribution in [1.82, 2.24) is 0 Å². The zero-order valence-corrected chi connectivity index (χ0v) is 15.7. The van der Waals surface area contributed by atoms with E-state index >= 15 is 0 Å². The van der Waals surface area contributed by atoms with Crippen LogP contribution in [-0.2, 0) is 24.3 Å². The average molecular weight is 401 g/mol. The van der Waals surface area contributed by atoms with Gasteiger partial charge < -0.3 is 10.1 Å². The molecule has 2 heterocycles. The molecule has 0 aliphatic carbocycles. The summed E-state index contributed by atoms with van der Waals surface area (Å²) in [4.78, 5) is 27.4. The molecule has 4 rings (SSSR count). The first-order chi connectivity index (χ1) is 13.4. The second-order valence-electron chi connectivity index (χ2n) is 6.74. The van der Waals surface area contributed by atoms with Crippen molar-refractivity contribution in [2.24, 2.45) is 5.14 Å². The van der Waals surface area contributed by atoms with Gasteiger partial charge in [0.1, 0.15) is 12.1 Å². The molecule has 2 aromatic rings. The molecule has 8 nitrogen and oxygen atoms in total. The zero-order valence-electron chi connectivity index (χ0n) is 14.9. The fourth-order valence-electron chi connectivity index (χ4n) is 3.57. The number of rotatable bonds is 3. The molecule has 2 aromatic carbocycles. The molecule has 9 heteroatoms. The number of amides is 2. The predicted octanol–water partition coefficient (Wildman–Crippen LogP) is 1.54. The number of hydrogen-bond donors (Lipinski definition) is 2. The Balaban J connectivity index is 1.85. The molecule has 0 aromatic heterocycles. The first-order valence-corrected chi connectivity index (χ1v) is 10.4. The highest BCUT2D eigenvalue weighted by Gasteiger charge is 2.41. The Morgan fingerprint density at radius 2 is 1.93 bits per heavy atom. The third-order valence-corrected chi connectivity index (χ3v) is 5.79. The van der Waals surface area contributed by atoms with Crippen LogP contribution in [0.4, 0.5) is 11.4 Å². The van der Waals surface area contributed by atoms with E-state index in [2.05, 4.69) is 5.32 Å². The van der Waals surface area contributed by atoms with Crippen molar-refractivity contribution in [3.63, 3.8) is 0 Å². The van der Waals surface area contributed by atoms with Crippen LogP contribution in [0.5, 0.6) is 0 Å². The summed E-state index contributed by atoms with van der Waals surface area (Å²) in [5.41, 5.74) is 1.27. The second-order valence-corrected chi connectivity index (χ2v) is 8.30. The molecule has 1 saturated heterocycles. The lowest BCUT2D eigenvalue weighted by Gasteiger charge is -2.38. The minimum absolute atomic E-state index is 0.144. The highest BCUT2D eigenvalue weighted by Crippen LogP contribution is 2.40. The summed E-state index contributed by atoms with van der Waals surface area (Å²) < 4.78 is 28.9. The molecule has 2 unspecified atom stereocenters. The molecule has 2 amide bonds. The van der Waals surface area contributed by atoms with Crippen LogP contribution in [0.15, 0.2) is 53.4 Å². The van der Waals surface area contributed by atoms with Crippen LogP contribution in [0, 0.1) is 0 Å². The van der Waals surface area contributed by atoms with Gasteiger partial charge in [0.05, 0.1) is 16.3 Å². The van der Waals surface area contributed by atoms with Gasteiger partial charge in [0.2, 0.25) is 10.0 Å². The lowest BCUT2D eigenvalue weighted by atomic mass is 9.99. The van der Waals surface area contributed by atoms with Crippen LogP contribution in [0.25, 0.3) is 0 Å². The summed E-state index contributed by atoms with van der Waals surface area (Å²) in [6.07, 6.45) is 0.704. The number of nitrogens with zero attached hydrogens (tertiary/aromatic N) is 1. The third-order valence-electron chi connectivity index (χ3n) is 4.88. The summed E-state index contributed by atoms with van der Waals surface area (Å²) >= 11 is 0. The molecule has 2 atom stereocenters. The SMILES string of the molecule is NS(=O)(=O)c1ccc2c(c1)NC(=O)C(c1ccccc1)N2C(=O)C1CCCO1. The van der Waals surface area contributed by atoms with E-state index in [-0.39, 0.29) is 16.5 Å². The van der Waals surface area contributed by atoms with Gasteiger partial charge in [0.15, 0.2) is 0 Å². The molecule has 1 fully saturated rings. The van der Waals surface area contributed by atoms with Gasteiger partial charge in [0.25, 0.3) is 11.8 Å². The topological polar surface area (TPSA) is 119 Å². The van der Waals surface area contributed by atoms with E-state index in [1.54, 1.807) is 24.3 Å². The van der Waals surface area contributed by atoms with Crippen molar-refractivity contribution in [2.75, 3.05) is 16.8 Å². The minimum Gasteiger partial charge on any atom is -0.368 e. The quantitative estimate of drug-likeness (QED) is 0.809. The molecule has 0 saturated carbocycles. The molecule has 3 N–H and O–H groups in total. The van der Waals surface area contributed by atoms with Crippen molar-refractivity contribution < 1.29 is 22.7 Å². The van der Waals surface area contributed by atoms with Crippen molar-refractivity contribution in [1.29, 1.82) is 0 Å². The number of anilines is 2. The smallest absolute Gasteiger partial charge is 0.257 e. The summed E-state index contributed by atoms with van der Waals surface area (Å²) in [7, 11) is -3.95. The molecule has 0 bridgehead atoms. The maximum absolute atomic E-state index is 13.3. The largest absolute Gasteiger partial charge is 0.368 e. The van der Waals surface area contributed by atoms with Crippen LogP contribution in [0.2, 0.25) is 0 Å². The van der Waals surface area contributed by atoms with Gasteiger partial charge in [-0.05, 0) is 36.6 Å². The normalized spacial score (nSPS) is 21.9. The fraction of sp³-hybridized carbons (Fsp3) is 0.263. The van der Waals surface area contributed by atoms with Crippen molar-refractivity contribution in [3.8, 4) is 0 Å². The van der Waals surface area contributed by atoms with E-state index in [4.69, 9.17) is 9.88 Å². The molecule has 0 spiro atoms. The van der Waals surface area contributed by atoms with Gasteiger partial charge in [-0.15, -0.1) is 0 Å². The first-order valence-electron chi connectivity index (χ1n) is 8.83. The van der Waals surface area contributed by atoms with Gasteiger partial charge in [0, 0.05) is 6.61 Å². The number of carbonyl (C=O) groups excluding carboxylic acids is 2. The van der Waals surface area contributed by atoms with E-state index in [0.717, 1.165) is 6.42 Å². The molecule has 28 heavy (non-hydrogen) atoms. The van der Waals surface area contributed by atoms with Gasteiger partial charge in [-0.25, -0.2) is 13.6 Å². The number of fused-ring (bicyclic) bond motifs is 1. The Hall–Kier alpha value is -2.75. The Labute approximate surface area is 162 Å². The first kappa shape index (κ1) is 18.6. The van der Waals surface area contributed by atoms with Gasteiger partial charge >= 0.3 is 0 Å². The number of sulfonamides is 1. The summed E-state index contributed by atoms with van der Waals surface area (Å²) in [5.74, 6) is -0.762. The molecule has 2 aliphatic heterocycles. The standard InChI is InChI=1S/C19H19N3O5S/c20-28(25,26)13-8-9-15-14(11-13)21-18(23)17(12-5-2-1-3-6-12)22(15)19(24)16-7-4-10-27-16/h1-3,5-6,8-9,11,16-17H,4,7,10H2,(H,21,23)(H2,20,25,26). The Kier molecular flexibility index (Phi) is 4.66. The number of carbonyl (C=O) groups is 2. The van der Waals surface area contributed by atoms with Crippen molar-refractivity contribution in [3.05, 3.63) is 54.1 Å². The van der Waals surface area contributed by atoms with E-state index in [1.165, 1.54) is 23.1 Å². The number of nitrogens with two attached hydrogens (primary N) is 1. The number of ether oxygens (including phenoxy) is 1. The van der Waals surface area contributed by atoms with Crippen LogP contribution in [0.1, 0.15) is 24.4 Å². The second kappa shape index (κ2) is 7.01. The lowest BCUT2D eigenvalue weighted by molar-refractivity contribution is -0.130. The molecule has 0 radical (unpaired) electrons. The highest BCUT2D eigenvalue weighted by atomic mass is 32.2. The Bertz CT molecular complexity index is 1030. The molecule has 146 valence electrons. The highest BCUT2D eigenvalue weighted by molar-refractivity contribution is 7.89. The van der Waals surface area contributed by atoms with Crippen molar-refractivity contribution >= 4 is 33.2 Å². The third kappa shape index (κ3) is 3.28. The fourth-order valence-corrected chi connectivity index (χ4v) is 4.11. The lowest BCUT2D eigenvalue weighted by Crippen LogP contribution is -2.48. The van der Waals surface area contributed by atoms with E-state index in [9.17, 15) is 18.0 Å². The number of primary sulfonamides is 1. The molecular formula is C19H19N3O5S. The van der Waals surface area contributed by atoms with Gasteiger partial charge in [-0.1, -0.05) is 30.3 Å². The Morgan fingerprint density at radius 1 is 1.18 bits per heavy atom. The van der Waals surface area contributed by atoms with E-state index < -0.39 is 28.1 Å². The summed E-state index contributed by atoms with van der Waals surface area (Å²) in [6.45, 7) is 0.490. The Morgan fingerprint density at radius 3 is 2.57 bits per heavy atom. The predicted molar refractivity (Wildman–Crippen MR) is 102 cm³/mol. The minimum atomic E-state index is -3.95. The van der Waals surface area contributed by atoms with Crippen LogP contribution >= 0.6 is 0 Å². The van der Waals surface area contributed by atoms with Crippen LogP contribution < -0.4 is 15.4 Å².